The third kappa shape index (κ3) is 4.96. The number of benzene rings is 9. The molecule has 0 radical (unpaired) electrons. The molecule has 0 saturated heterocycles. The average Bonchev–Trinajstić information content (AvgIpc) is 3.17. The van der Waals surface area contributed by atoms with E-state index in [-0.39, 0.29) is 0 Å². The molecule has 0 N–H and O–H groups in total. The first-order valence-corrected chi connectivity index (χ1v) is 16.6. The van der Waals surface area contributed by atoms with E-state index in [1.165, 1.54) is 88.0 Å². The van der Waals surface area contributed by atoms with E-state index in [1.54, 1.807) is 0 Å². The molecule has 0 atom stereocenters. The molecule has 48 heavy (non-hydrogen) atoms. The molecular formula is C48H32. The summed E-state index contributed by atoms with van der Waals surface area (Å²) in [4.78, 5) is 0. The van der Waals surface area contributed by atoms with Crippen LogP contribution in [0.3, 0.4) is 0 Å². The summed E-state index contributed by atoms with van der Waals surface area (Å²) in [6.07, 6.45) is 0. The van der Waals surface area contributed by atoms with Gasteiger partial charge in [0.2, 0.25) is 0 Å². The fourth-order valence-corrected chi connectivity index (χ4v) is 7.29. The van der Waals surface area contributed by atoms with Gasteiger partial charge in [0.1, 0.15) is 0 Å². The van der Waals surface area contributed by atoms with Crippen LogP contribution in [0.4, 0.5) is 0 Å². The minimum absolute atomic E-state index is 1.22. The maximum absolute atomic E-state index is 2.41. The van der Waals surface area contributed by atoms with E-state index in [2.05, 4.69) is 194 Å². The van der Waals surface area contributed by atoms with Gasteiger partial charge in [0.05, 0.1) is 0 Å². The van der Waals surface area contributed by atoms with Crippen LogP contribution in [0, 0.1) is 0 Å². The van der Waals surface area contributed by atoms with Gasteiger partial charge >= 0.3 is 0 Å². The number of fused-ring (bicyclic) bond motifs is 3. The van der Waals surface area contributed by atoms with Crippen molar-refractivity contribution in [1.29, 1.82) is 0 Å². The van der Waals surface area contributed by atoms with Gasteiger partial charge in [0, 0.05) is 0 Å². The van der Waals surface area contributed by atoms with E-state index in [9.17, 15) is 0 Å². The molecule has 0 fully saturated rings. The van der Waals surface area contributed by atoms with Crippen LogP contribution in [0.5, 0.6) is 0 Å². The second-order valence-corrected chi connectivity index (χ2v) is 12.5. The summed E-state index contributed by atoms with van der Waals surface area (Å²) in [5.41, 5.74) is 12.3. The van der Waals surface area contributed by atoms with Gasteiger partial charge < -0.3 is 0 Å². The normalized spacial score (nSPS) is 11.3. The van der Waals surface area contributed by atoms with Crippen LogP contribution in [0.15, 0.2) is 194 Å². The summed E-state index contributed by atoms with van der Waals surface area (Å²) in [5, 5.41) is 7.54. The molecular weight excluding hydrogens is 577 g/mol. The lowest BCUT2D eigenvalue weighted by molar-refractivity contribution is 1.60. The highest BCUT2D eigenvalue weighted by Crippen LogP contribution is 2.45. The van der Waals surface area contributed by atoms with Gasteiger partial charge in [-0.15, -0.1) is 0 Å². The minimum Gasteiger partial charge on any atom is -0.0622 e. The smallest absolute Gasteiger partial charge is 0.00261 e. The molecule has 224 valence electrons. The Labute approximate surface area is 281 Å². The molecule has 0 heterocycles. The van der Waals surface area contributed by atoms with Gasteiger partial charge in [-0.1, -0.05) is 176 Å². The van der Waals surface area contributed by atoms with E-state index in [0.29, 0.717) is 0 Å². The van der Waals surface area contributed by atoms with Crippen molar-refractivity contribution in [3.63, 3.8) is 0 Å². The summed E-state index contributed by atoms with van der Waals surface area (Å²) < 4.78 is 0. The second-order valence-electron chi connectivity index (χ2n) is 12.5. The molecule has 0 bridgehead atoms. The first kappa shape index (κ1) is 28.0. The van der Waals surface area contributed by atoms with Gasteiger partial charge in [0.25, 0.3) is 0 Å². The third-order valence-corrected chi connectivity index (χ3v) is 9.65. The van der Waals surface area contributed by atoms with E-state index >= 15 is 0 Å². The summed E-state index contributed by atoms with van der Waals surface area (Å²) in [6.45, 7) is 0. The van der Waals surface area contributed by atoms with E-state index in [1.807, 2.05) is 0 Å². The quantitative estimate of drug-likeness (QED) is 0.171. The second kappa shape index (κ2) is 11.8. The zero-order valence-electron chi connectivity index (χ0n) is 26.5. The lowest BCUT2D eigenvalue weighted by Crippen LogP contribution is -1.92. The molecule has 9 aromatic carbocycles. The monoisotopic (exact) mass is 608 g/mol. The summed E-state index contributed by atoms with van der Waals surface area (Å²) in [5.74, 6) is 0. The molecule has 0 aliphatic carbocycles. The molecule has 0 spiro atoms. The Morgan fingerprint density at radius 3 is 1.35 bits per heavy atom. The van der Waals surface area contributed by atoms with Crippen molar-refractivity contribution in [3.8, 4) is 55.6 Å². The van der Waals surface area contributed by atoms with Crippen molar-refractivity contribution in [3.05, 3.63) is 194 Å². The van der Waals surface area contributed by atoms with Crippen LogP contribution in [0.2, 0.25) is 0 Å². The third-order valence-electron chi connectivity index (χ3n) is 9.65. The Balaban J connectivity index is 1.32. The number of hydrogen-bond acceptors (Lipinski definition) is 0. The highest BCUT2D eigenvalue weighted by atomic mass is 14.2. The molecule has 0 heteroatoms. The molecule has 0 amide bonds. The van der Waals surface area contributed by atoms with Gasteiger partial charge in [-0.05, 0) is 106 Å². The van der Waals surface area contributed by atoms with Gasteiger partial charge in [-0.2, -0.15) is 0 Å². The predicted octanol–water partition coefficient (Wildman–Crippen LogP) is 13.5. The van der Waals surface area contributed by atoms with Crippen LogP contribution in [-0.2, 0) is 0 Å². The van der Waals surface area contributed by atoms with Crippen LogP contribution in [0.1, 0.15) is 0 Å². The van der Waals surface area contributed by atoms with E-state index in [0.717, 1.165) is 0 Å². The van der Waals surface area contributed by atoms with Crippen molar-refractivity contribution in [2.45, 2.75) is 0 Å². The Morgan fingerprint density at radius 1 is 0.188 bits per heavy atom. The summed E-state index contributed by atoms with van der Waals surface area (Å²) in [6, 6.07) is 70.8. The molecule has 0 saturated carbocycles. The Bertz CT molecular complexity index is 2580. The highest BCUT2D eigenvalue weighted by molar-refractivity contribution is 6.22. The lowest BCUT2D eigenvalue weighted by Gasteiger charge is -2.19. The van der Waals surface area contributed by atoms with Crippen LogP contribution >= 0.6 is 0 Å². The molecule has 9 aromatic rings. The minimum atomic E-state index is 1.22. The van der Waals surface area contributed by atoms with E-state index in [4.69, 9.17) is 0 Å². The molecule has 0 aliphatic heterocycles. The van der Waals surface area contributed by atoms with Gasteiger partial charge in [0.15, 0.2) is 0 Å². The summed E-state index contributed by atoms with van der Waals surface area (Å²) >= 11 is 0. The largest absolute Gasteiger partial charge is 0.0622 e. The number of rotatable bonds is 5. The standard InChI is InChI=1S/C48H32/c1-3-12-33(13-4-1)36-22-25-37(26-23-36)47-43-20-9-10-21-44(43)48(42-19-11-18-39(31-42)34-14-5-2-6-15-34)45-29-28-41(32-46(45)47)40-27-24-35-16-7-8-17-38(35)30-40/h1-32H. The van der Waals surface area contributed by atoms with Crippen molar-refractivity contribution in [2.24, 2.45) is 0 Å². The van der Waals surface area contributed by atoms with Crippen LogP contribution < -0.4 is 0 Å². The van der Waals surface area contributed by atoms with Gasteiger partial charge in [-0.25, -0.2) is 0 Å². The molecule has 0 nitrogen and oxygen atoms in total. The zero-order chi connectivity index (χ0) is 31.9. The SMILES string of the molecule is c1ccc(-c2ccc(-c3c4ccccc4c(-c4cccc(-c5ccccc5)c4)c4ccc(-c5ccc6ccccc6c5)cc34)cc2)cc1. The Morgan fingerprint density at radius 2 is 0.625 bits per heavy atom. The zero-order valence-corrected chi connectivity index (χ0v) is 26.5. The molecule has 0 aromatic heterocycles. The van der Waals surface area contributed by atoms with Crippen LogP contribution in [0.25, 0.3) is 88.0 Å². The topological polar surface area (TPSA) is 0 Å². The van der Waals surface area contributed by atoms with Crippen molar-refractivity contribution < 1.29 is 0 Å². The number of hydrogen-bond donors (Lipinski definition) is 0. The Hall–Kier alpha value is -6.24. The van der Waals surface area contributed by atoms with Gasteiger partial charge in [-0.3, -0.25) is 0 Å². The lowest BCUT2D eigenvalue weighted by atomic mass is 9.84. The predicted molar refractivity (Wildman–Crippen MR) is 206 cm³/mol. The average molecular weight is 609 g/mol. The van der Waals surface area contributed by atoms with E-state index < -0.39 is 0 Å². The first-order valence-electron chi connectivity index (χ1n) is 16.6. The molecule has 9 rings (SSSR count). The highest BCUT2D eigenvalue weighted by Gasteiger charge is 2.18. The van der Waals surface area contributed by atoms with Crippen molar-refractivity contribution in [1.82, 2.24) is 0 Å². The molecule has 0 unspecified atom stereocenters. The van der Waals surface area contributed by atoms with Crippen LogP contribution in [-0.4, -0.2) is 0 Å². The molecule has 0 aliphatic rings. The fraction of sp³-hybridized carbons (Fsp3) is 0. The first-order chi connectivity index (χ1) is 23.8. The Kier molecular flexibility index (Phi) is 6.91. The fourth-order valence-electron chi connectivity index (χ4n) is 7.29. The van der Waals surface area contributed by atoms with Crippen molar-refractivity contribution in [2.75, 3.05) is 0 Å². The maximum atomic E-state index is 2.41. The maximum Gasteiger partial charge on any atom is -0.00261 e. The summed E-state index contributed by atoms with van der Waals surface area (Å²) in [7, 11) is 0. The van der Waals surface area contributed by atoms with Crippen molar-refractivity contribution >= 4 is 32.3 Å².